The summed E-state index contributed by atoms with van der Waals surface area (Å²) in [5, 5.41) is 13.0. The maximum absolute atomic E-state index is 12.0. The van der Waals surface area contributed by atoms with Crippen LogP contribution in [-0.2, 0) is 4.79 Å². The Bertz CT molecular complexity index is 591. The molecule has 3 rings (SSSR count). The first kappa shape index (κ1) is 13.8. The van der Waals surface area contributed by atoms with Gasteiger partial charge < -0.3 is 10.4 Å². The lowest BCUT2D eigenvalue weighted by Crippen LogP contribution is -2.45. The topological polar surface area (TPSA) is 49.3 Å². The molecule has 1 saturated carbocycles. The predicted octanol–water partition coefficient (Wildman–Crippen LogP) is 2.78. The van der Waals surface area contributed by atoms with Crippen LogP contribution in [-0.4, -0.2) is 17.1 Å². The average Bonchev–Trinajstić information content (AvgIpc) is 2.51. The van der Waals surface area contributed by atoms with Gasteiger partial charge in [0.2, 0.25) is 0 Å². The van der Waals surface area contributed by atoms with Gasteiger partial charge in [0.1, 0.15) is 0 Å². The van der Waals surface area contributed by atoms with E-state index < -0.39 is 6.10 Å². The summed E-state index contributed by atoms with van der Waals surface area (Å²) < 4.78 is 0. The van der Waals surface area contributed by atoms with Gasteiger partial charge in [0.15, 0.2) is 6.10 Å². The van der Waals surface area contributed by atoms with Gasteiger partial charge in [-0.2, -0.15) is 0 Å². The number of aliphatic hydroxyl groups is 1. The Morgan fingerprint density at radius 3 is 2.19 bits per heavy atom. The quantitative estimate of drug-likeness (QED) is 0.905. The summed E-state index contributed by atoms with van der Waals surface area (Å²) in [6.07, 6.45) is 0.802. The second-order valence-electron chi connectivity index (χ2n) is 5.60. The minimum Gasteiger partial charge on any atom is -0.378 e. The van der Waals surface area contributed by atoms with Gasteiger partial charge in [0.25, 0.3) is 5.91 Å². The third-order valence-corrected chi connectivity index (χ3v) is 4.12. The number of hydrogen-bond donors (Lipinski definition) is 2. The number of nitrogens with one attached hydrogen (secondary N) is 1. The maximum atomic E-state index is 12.0. The van der Waals surface area contributed by atoms with E-state index in [4.69, 9.17) is 0 Å². The lowest BCUT2D eigenvalue weighted by Gasteiger charge is -2.36. The van der Waals surface area contributed by atoms with Crippen molar-refractivity contribution >= 4 is 5.91 Å². The van der Waals surface area contributed by atoms with E-state index >= 15 is 0 Å². The van der Waals surface area contributed by atoms with E-state index in [0.29, 0.717) is 11.5 Å². The molecule has 0 aliphatic heterocycles. The normalized spacial score (nSPS) is 22.1. The van der Waals surface area contributed by atoms with Crippen molar-refractivity contribution in [3.05, 3.63) is 71.8 Å². The summed E-state index contributed by atoms with van der Waals surface area (Å²) in [5.41, 5.74) is 1.96. The first-order valence-electron chi connectivity index (χ1n) is 7.32. The van der Waals surface area contributed by atoms with Crippen LogP contribution in [0.3, 0.4) is 0 Å². The van der Waals surface area contributed by atoms with Gasteiger partial charge in [-0.15, -0.1) is 0 Å². The highest BCUT2D eigenvalue weighted by atomic mass is 16.3. The Morgan fingerprint density at radius 2 is 1.57 bits per heavy atom. The van der Waals surface area contributed by atoms with Crippen molar-refractivity contribution in [2.24, 2.45) is 0 Å². The Labute approximate surface area is 124 Å². The molecule has 21 heavy (non-hydrogen) atoms. The molecule has 1 fully saturated rings. The third-order valence-electron chi connectivity index (χ3n) is 4.12. The zero-order chi connectivity index (χ0) is 14.7. The van der Waals surface area contributed by atoms with Crippen LogP contribution in [0.15, 0.2) is 60.7 Å². The summed E-state index contributed by atoms with van der Waals surface area (Å²) in [7, 11) is 0. The molecule has 3 nitrogen and oxygen atoms in total. The van der Waals surface area contributed by atoms with Crippen molar-refractivity contribution in [1.82, 2.24) is 5.32 Å². The first-order chi connectivity index (χ1) is 10.2. The van der Waals surface area contributed by atoms with Gasteiger partial charge in [0, 0.05) is 6.04 Å². The van der Waals surface area contributed by atoms with E-state index in [2.05, 4.69) is 17.4 Å². The number of carbonyl (C=O) groups excluding carboxylic acids is 1. The summed E-state index contributed by atoms with van der Waals surface area (Å²) >= 11 is 0. The lowest BCUT2D eigenvalue weighted by molar-refractivity contribution is -0.131. The number of hydrogen-bond acceptors (Lipinski definition) is 2. The Morgan fingerprint density at radius 1 is 1.00 bits per heavy atom. The van der Waals surface area contributed by atoms with Crippen LogP contribution < -0.4 is 5.32 Å². The molecule has 2 aromatic rings. The van der Waals surface area contributed by atoms with Crippen molar-refractivity contribution < 1.29 is 9.90 Å². The van der Waals surface area contributed by atoms with Crippen molar-refractivity contribution in [2.75, 3.05) is 0 Å². The molecule has 0 spiro atoms. The van der Waals surface area contributed by atoms with Crippen LogP contribution in [0, 0.1) is 0 Å². The van der Waals surface area contributed by atoms with Gasteiger partial charge in [-0.3, -0.25) is 4.79 Å². The molecule has 0 saturated heterocycles. The first-order valence-corrected chi connectivity index (χ1v) is 7.32. The SMILES string of the molecule is O=C(NC1CC(c2ccccc2)C1)[C@H](O)c1ccccc1. The number of aliphatic hydroxyl groups excluding tert-OH is 1. The molecule has 1 atom stereocenters. The van der Waals surface area contributed by atoms with Crippen LogP contribution in [0.25, 0.3) is 0 Å². The molecule has 0 heterocycles. The Balaban J connectivity index is 1.51. The minimum atomic E-state index is -1.08. The number of carbonyl (C=O) groups is 1. The van der Waals surface area contributed by atoms with E-state index in [-0.39, 0.29) is 11.9 Å². The second-order valence-corrected chi connectivity index (χ2v) is 5.60. The van der Waals surface area contributed by atoms with Gasteiger partial charge >= 0.3 is 0 Å². The Hall–Kier alpha value is -2.13. The summed E-state index contributed by atoms with van der Waals surface area (Å²) in [6.45, 7) is 0. The molecule has 1 aliphatic rings. The molecule has 0 aromatic heterocycles. The van der Waals surface area contributed by atoms with E-state index in [1.807, 2.05) is 36.4 Å². The van der Waals surface area contributed by atoms with E-state index in [1.165, 1.54) is 5.56 Å². The average molecular weight is 281 g/mol. The number of rotatable bonds is 4. The fraction of sp³-hybridized carbons (Fsp3) is 0.278. The van der Waals surface area contributed by atoms with Gasteiger partial charge in [-0.05, 0) is 29.9 Å². The van der Waals surface area contributed by atoms with Crippen LogP contribution in [0.4, 0.5) is 0 Å². The molecular weight excluding hydrogens is 262 g/mol. The van der Waals surface area contributed by atoms with Crippen molar-refractivity contribution in [2.45, 2.75) is 30.9 Å². The lowest BCUT2D eigenvalue weighted by atomic mass is 9.76. The molecule has 1 aliphatic carbocycles. The molecule has 2 aromatic carbocycles. The summed E-state index contributed by atoms with van der Waals surface area (Å²) in [6, 6.07) is 19.5. The van der Waals surface area contributed by atoms with Gasteiger partial charge in [-0.1, -0.05) is 60.7 Å². The molecule has 0 radical (unpaired) electrons. The second kappa shape index (κ2) is 6.10. The van der Waals surface area contributed by atoms with Crippen LogP contribution in [0.2, 0.25) is 0 Å². The molecule has 2 N–H and O–H groups in total. The third kappa shape index (κ3) is 3.14. The summed E-state index contributed by atoms with van der Waals surface area (Å²) in [5.74, 6) is 0.211. The van der Waals surface area contributed by atoms with Crippen molar-refractivity contribution in [3.63, 3.8) is 0 Å². The monoisotopic (exact) mass is 281 g/mol. The molecular formula is C18H19NO2. The maximum Gasteiger partial charge on any atom is 0.253 e. The van der Waals surface area contributed by atoms with Crippen LogP contribution in [0.1, 0.15) is 36.0 Å². The summed E-state index contributed by atoms with van der Waals surface area (Å²) in [4.78, 5) is 12.0. The fourth-order valence-electron chi connectivity index (χ4n) is 2.80. The Kier molecular flexibility index (Phi) is 4.02. The number of benzene rings is 2. The van der Waals surface area contributed by atoms with E-state index in [1.54, 1.807) is 12.1 Å². The van der Waals surface area contributed by atoms with Gasteiger partial charge in [0.05, 0.1) is 0 Å². The van der Waals surface area contributed by atoms with E-state index in [0.717, 1.165) is 12.8 Å². The standard InChI is InChI=1S/C18H19NO2/c20-17(14-9-5-2-6-10-14)18(21)19-16-11-15(12-16)13-7-3-1-4-8-13/h1-10,15-17,20H,11-12H2,(H,19,21)/t15?,16?,17-/m1/s1. The van der Waals surface area contributed by atoms with Crippen LogP contribution in [0.5, 0.6) is 0 Å². The fourth-order valence-corrected chi connectivity index (χ4v) is 2.80. The van der Waals surface area contributed by atoms with Gasteiger partial charge in [-0.25, -0.2) is 0 Å². The molecule has 3 heteroatoms. The number of amides is 1. The molecule has 0 unspecified atom stereocenters. The van der Waals surface area contributed by atoms with Crippen molar-refractivity contribution in [3.8, 4) is 0 Å². The molecule has 0 bridgehead atoms. The van der Waals surface area contributed by atoms with Crippen LogP contribution >= 0.6 is 0 Å². The highest BCUT2D eigenvalue weighted by molar-refractivity contribution is 5.82. The highest BCUT2D eigenvalue weighted by Gasteiger charge is 2.32. The molecule has 108 valence electrons. The van der Waals surface area contributed by atoms with Crippen molar-refractivity contribution in [1.29, 1.82) is 0 Å². The zero-order valence-corrected chi connectivity index (χ0v) is 11.8. The molecule has 1 amide bonds. The zero-order valence-electron chi connectivity index (χ0n) is 11.8. The minimum absolute atomic E-state index is 0.168. The van der Waals surface area contributed by atoms with E-state index in [9.17, 15) is 9.90 Å². The smallest absolute Gasteiger partial charge is 0.253 e. The largest absolute Gasteiger partial charge is 0.378 e. The highest BCUT2D eigenvalue weighted by Crippen LogP contribution is 2.36. The predicted molar refractivity (Wildman–Crippen MR) is 81.7 cm³/mol.